The van der Waals surface area contributed by atoms with E-state index >= 15 is 0 Å². The van der Waals surface area contributed by atoms with Crippen LogP contribution in [0.3, 0.4) is 0 Å². The molecule has 0 spiro atoms. The molecule has 0 amide bonds. The van der Waals surface area contributed by atoms with Gasteiger partial charge in [-0.15, -0.1) is 11.3 Å². The van der Waals surface area contributed by atoms with Crippen LogP contribution in [-0.4, -0.2) is 13.1 Å². The Morgan fingerprint density at radius 1 is 1.29 bits per heavy atom. The van der Waals surface area contributed by atoms with Crippen LogP contribution < -0.4 is 5.32 Å². The fourth-order valence-electron chi connectivity index (χ4n) is 1.87. The number of carbonyl (C=O) groups excluding carboxylic acids is 1. The highest BCUT2D eigenvalue weighted by atomic mass is 32.1. The molecule has 112 valence electrons. The molecule has 0 unspecified atom stereocenters. The molecule has 6 heteroatoms. The van der Waals surface area contributed by atoms with Crippen LogP contribution in [0.15, 0.2) is 18.2 Å². The summed E-state index contributed by atoms with van der Waals surface area (Å²) in [4.78, 5) is 13.5. The van der Waals surface area contributed by atoms with Gasteiger partial charge in [-0.05, 0) is 37.6 Å². The zero-order chi connectivity index (χ0) is 15.6. The summed E-state index contributed by atoms with van der Waals surface area (Å²) in [6.07, 6.45) is 0. The average Bonchev–Trinajstić information content (AvgIpc) is 2.78. The van der Waals surface area contributed by atoms with Gasteiger partial charge in [0.2, 0.25) is 0 Å². The summed E-state index contributed by atoms with van der Waals surface area (Å²) in [5, 5.41) is 2.84. The number of halogens is 2. The third-order valence-electron chi connectivity index (χ3n) is 3.16. The Balaban J connectivity index is 2.17. The summed E-state index contributed by atoms with van der Waals surface area (Å²) in [5.74, 6) is -3.18. The Kier molecular flexibility index (Phi) is 4.57. The topological polar surface area (TPSA) is 38.3 Å². The normalized spacial score (nSPS) is 10.5. The SMILES string of the molecule is COC(=O)c1ccc(NCc2cc(C)c(C)s2)c(F)c1F. The molecule has 0 aliphatic carbocycles. The average molecular weight is 311 g/mol. The van der Waals surface area contributed by atoms with Crippen molar-refractivity contribution >= 4 is 23.0 Å². The van der Waals surface area contributed by atoms with Gasteiger partial charge in [0.15, 0.2) is 11.6 Å². The van der Waals surface area contributed by atoms with Crippen molar-refractivity contribution in [2.75, 3.05) is 12.4 Å². The van der Waals surface area contributed by atoms with Crippen LogP contribution in [0.25, 0.3) is 0 Å². The number of anilines is 1. The third-order valence-corrected chi connectivity index (χ3v) is 4.31. The summed E-state index contributed by atoms with van der Waals surface area (Å²) in [7, 11) is 1.12. The number of rotatable bonds is 4. The molecule has 0 saturated heterocycles. The summed E-state index contributed by atoms with van der Waals surface area (Å²) < 4.78 is 32.1. The molecule has 2 aromatic rings. The van der Waals surface area contributed by atoms with Crippen LogP contribution in [0.4, 0.5) is 14.5 Å². The first kappa shape index (κ1) is 15.4. The maximum atomic E-state index is 13.9. The number of methoxy groups -OCH3 is 1. The highest BCUT2D eigenvalue weighted by molar-refractivity contribution is 7.12. The molecule has 0 fully saturated rings. The van der Waals surface area contributed by atoms with Crippen molar-refractivity contribution in [2.24, 2.45) is 0 Å². The first-order valence-electron chi connectivity index (χ1n) is 6.30. The first-order chi connectivity index (χ1) is 9.93. The predicted octanol–water partition coefficient (Wildman–Crippen LogP) is 4.04. The molecule has 2 rings (SSSR count). The molecule has 1 heterocycles. The van der Waals surface area contributed by atoms with E-state index in [0.29, 0.717) is 6.54 Å². The molecule has 0 bridgehead atoms. The van der Waals surface area contributed by atoms with E-state index < -0.39 is 23.2 Å². The van der Waals surface area contributed by atoms with E-state index in [1.807, 2.05) is 19.9 Å². The van der Waals surface area contributed by atoms with Gasteiger partial charge in [0.25, 0.3) is 0 Å². The van der Waals surface area contributed by atoms with Gasteiger partial charge in [-0.2, -0.15) is 0 Å². The standard InChI is InChI=1S/C15H15F2NO2S/c1-8-6-10(21-9(8)2)7-18-12-5-4-11(15(19)20-3)13(16)14(12)17/h4-6,18H,7H2,1-3H3. The smallest absolute Gasteiger partial charge is 0.340 e. The largest absolute Gasteiger partial charge is 0.465 e. The lowest BCUT2D eigenvalue weighted by Gasteiger charge is -2.09. The van der Waals surface area contributed by atoms with Gasteiger partial charge in [0, 0.05) is 16.3 Å². The minimum Gasteiger partial charge on any atom is -0.465 e. The van der Waals surface area contributed by atoms with Gasteiger partial charge in [-0.3, -0.25) is 0 Å². The van der Waals surface area contributed by atoms with Crippen molar-refractivity contribution in [3.63, 3.8) is 0 Å². The minimum absolute atomic E-state index is 0.0175. The van der Waals surface area contributed by atoms with E-state index in [-0.39, 0.29) is 5.69 Å². The van der Waals surface area contributed by atoms with Crippen LogP contribution in [0.5, 0.6) is 0 Å². The quantitative estimate of drug-likeness (QED) is 0.866. The zero-order valence-electron chi connectivity index (χ0n) is 11.9. The summed E-state index contributed by atoms with van der Waals surface area (Å²) in [6.45, 7) is 4.41. The van der Waals surface area contributed by atoms with E-state index in [1.54, 1.807) is 11.3 Å². The van der Waals surface area contributed by atoms with Crippen molar-refractivity contribution in [2.45, 2.75) is 20.4 Å². The van der Waals surface area contributed by atoms with Crippen LogP contribution in [0.1, 0.15) is 25.7 Å². The third kappa shape index (κ3) is 3.21. The van der Waals surface area contributed by atoms with Crippen molar-refractivity contribution in [3.8, 4) is 0 Å². The van der Waals surface area contributed by atoms with E-state index in [0.717, 1.165) is 12.0 Å². The fraction of sp³-hybridized carbons (Fsp3) is 0.267. The lowest BCUT2D eigenvalue weighted by Crippen LogP contribution is -2.09. The van der Waals surface area contributed by atoms with Gasteiger partial charge in [0.1, 0.15) is 0 Å². The van der Waals surface area contributed by atoms with Gasteiger partial charge in [-0.1, -0.05) is 0 Å². The van der Waals surface area contributed by atoms with E-state index in [2.05, 4.69) is 10.1 Å². The molecule has 0 atom stereocenters. The molecule has 1 N–H and O–H groups in total. The maximum absolute atomic E-state index is 13.9. The van der Waals surface area contributed by atoms with Gasteiger partial charge >= 0.3 is 5.97 Å². The summed E-state index contributed by atoms with van der Waals surface area (Å²) in [5.41, 5.74) is 0.775. The molecule has 0 saturated carbocycles. The molecule has 3 nitrogen and oxygen atoms in total. The molecule has 0 aliphatic heterocycles. The molecule has 1 aromatic carbocycles. The number of carbonyl (C=O) groups is 1. The van der Waals surface area contributed by atoms with Crippen molar-refractivity contribution < 1.29 is 18.3 Å². The second-order valence-corrected chi connectivity index (χ2v) is 5.93. The lowest BCUT2D eigenvalue weighted by atomic mass is 10.1. The molecule has 0 radical (unpaired) electrons. The summed E-state index contributed by atoms with van der Waals surface area (Å²) in [6, 6.07) is 4.54. The number of nitrogens with one attached hydrogen (secondary N) is 1. The molecular formula is C15H15F2NO2S. The van der Waals surface area contributed by atoms with E-state index in [1.165, 1.54) is 22.6 Å². The number of benzene rings is 1. The second kappa shape index (κ2) is 6.22. The molecular weight excluding hydrogens is 296 g/mol. The number of aryl methyl sites for hydroxylation is 2. The monoisotopic (exact) mass is 311 g/mol. The molecule has 0 aliphatic rings. The Bertz CT molecular complexity index is 663. The fourth-order valence-corrected chi connectivity index (χ4v) is 2.87. The zero-order valence-corrected chi connectivity index (χ0v) is 12.7. The van der Waals surface area contributed by atoms with Gasteiger partial charge in [0.05, 0.1) is 18.4 Å². The maximum Gasteiger partial charge on any atom is 0.340 e. The Hall–Kier alpha value is -1.95. The number of ether oxygens (including phenoxy) is 1. The lowest BCUT2D eigenvalue weighted by molar-refractivity contribution is 0.0594. The molecule has 1 aromatic heterocycles. The first-order valence-corrected chi connectivity index (χ1v) is 7.11. The Labute approximate surface area is 125 Å². The van der Waals surface area contributed by atoms with E-state index in [4.69, 9.17) is 0 Å². The van der Waals surface area contributed by atoms with Crippen molar-refractivity contribution in [1.29, 1.82) is 0 Å². The van der Waals surface area contributed by atoms with Crippen LogP contribution >= 0.6 is 11.3 Å². The highest BCUT2D eigenvalue weighted by Crippen LogP contribution is 2.24. The van der Waals surface area contributed by atoms with Crippen LogP contribution in [0, 0.1) is 25.5 Å². The number of thiophene rings is 1. The number of hydrogen-bond donors (Lipinski definition) is 1. The van der Waals surface area contributed by atoms with E-state index in [9.17, 15) is 13.6 Å². The highest BCUT2D eigenvalue weighted by Gasteiger charge is 2.19. The van der Waals surface area contributed by atoms with Crippen LogP contribution in [0.2, 0.25) is 0 Å². The van der Waals surface area contributed by atoms with Crippen molar-refractivity contribution in [1.82, 2.24) is 0 Å². The second-order valence-electron chi connectivity index (χ2n) is 4.59. The molecule has 21 heavy (non-hydrogen) atoms. The van der Waals surface area contributed by atoms with Crippen molar-refractivity contribution in [3.05, 3.63) is 50.7 Å². The number of esters is 1. The summed E-state index contributed by atoms with van der Waals surface area (Å²) >= 11 is 1.60. The minimum atomic E-state index is -1.20. The van der Waals surface area contributed by atoms with Crippen LogP contribution in [-0.2, 0) is 11.3 Å². The Morgan fingerprint density at radius 3 is 2.57 bits per heavy atom. The number of hydrogen-bond acceptors (Lipinski definition) is 4. The Morgan fingerprint density at radius 2 is 2.00 bits per heavy atom. The predicted molar refractivity (Wildman–Crippen MR) is 78.8 cm³/mol. The van der Waals surface area contributed by atoms with Gasteiger partial charge < -0.3 is 10.1 Å². The van der Waals surface area contributed by atoms with Gasteiger partial charge in [-0.25, -0.2) is 13.6 Å².